The van der Waals surface area contributed by atoms with E-state index in [0.29, 0.717) is 43.1 Å². The molecule has 4 rings (SSSR count). The molecule has 0 aliphatic carbocycles. The van der Waals surface area contributed by atoms with Gasteiger partial charge in [0, 0.05) is 19.0 Å². The standard InChI is InChI=1S/C22H25N3O6S/c1-30-17-6-8-18(9-7-17)32(28,29)24-12-10-16(11-13-24)21(26)23-19-4-2-3-5-20(19)25-14-15-31-22(25)27/h2-9,16H,10-15H2,1H3,(H,23,26). The largest absolute Gasteiger partial charge is 0.497 e. The van der Waals surface area contributed by atoms with Crippen LogP contribution in [0.2, 0.25) is 0 Å². The smallest absolute Gasteiger partial charge is 0.414 e. The topological polar surface area (TPSA) is 105 Å². The van der Waals surface area contributed by atoms with Gasteiger partial charge < -0.3 is 14.8 Å². The number of benzene rings is 2. The highest BCUT2D eigenvalue weighted by Crippen LogP contribution is 2.30. The minimum atomic E-state index is -3.63. The first-order valence-electron chi connectivity index (χ1n) is 10.4. The van der Waals surface area contributed by atoms with E-state index in [9.17, 15) is 18.0 Å². The van der Waals surface area contributed by atoms with E-state index < -0.39 is 16.1 Å². The molecule has 2 aromatic carbocycles. The number of cyclic esters (lactones) is 1. The van der Waals surface area contributed by atoms with Gasteiger partial charge in [0.15, 0.2) is 0 Å². The lowest BCUT2D eigenvalue weighted by atomic mass is 9.97. The summed E-state index contributed by atoms with van der Waals surface area (Å²) >= 11 is 0. The number of carbonyl (C=O) groups is 2. The fourth-order valence-electron chi connectivity index (χ4n) is 3.92. The maximum absolute atomic E-state index is 12.9. The van der Waals surface area contributed by atoms with E-state index in [1.54, 1.807) is 36.4 Å². The van der Waals surface area contributed by atoms with Crippen molar-refractivity contribution >= 4 is 33.4 Å². The number of ether oxygens (including phenoxy) is 2. The molecule has 2 amide bonds. The lowest BCUT2D eigenvalue weighted by Gasteiger charge is -2.30. The Balaban J connectivity index is 1.39. The second kappa shape index (κ2) is 9.17. The van der Waals surface area contributed by atoms with Crippen LogP contribution >= 0.6 is 0 Å². The van der Waals surface area contributed by atoms with Crippen LogP contribution in [-0.4, -0.2) is 58.1 Å². The van der Waals surface area contributed by atoms with Crippen molar-refractivity contribution in [3.63, 3.8) is 0 Å². The third kappa shape index (κ3) is 4.42. The quantitative estimate of drug-likeness (QED) is 0.712. The van der Waals surface area contributed by atoms with Crippen LogP contribution in [-0.2, 0) is 19.6 Å². The number of anilines is 2. The molecule has 2 aliphatic rings. The third-order valence-electron chi connectivity index (χ3n) is 5.74. The van der Waals surface area contributed by atoms with E-state index in [2.05, 4.69) is 5.32 Å². The van der Waals surface area contributed by atoms with Crippen molar-refractivity contribution in [2.24, 2.45) is 5.92 Å². The van der Waals surface area contributed by atoms with Crippen molar-refractivity contribution in [3.05, 3.63) is 48.5 Å². The maximum atomic E-state index is 12.9. The number of methoxy groups -OCH3 is 1. The molecule has 0 radical (unpaired) electrons. The normalized spacial score (nSPS) is 17.8. The average Bonchev–Trinajstić information content (AvgIpc) is 3.25. The number of amides is 2. The summed E-state index contributed by atoms with van der Waals surface area (Å²) in [5.41, 5.74) is 1.12. The summed E-state index contributed by atoms with van der Waals surface area (Å²) in [5.74, 6) is 0.0733. The minimum absolute atomic E-state index is 0.188. The first-order valence-corrected chi connectivity index (χ1v) is 11.8. The second-order valence-corrected chi connectivity index (χ2v) is 9.56. The Morgan fingerprint density at radius 2 is 1.75 bits per heavy atom. The molecule has 2 heterocycles. The SMILES string of the molecule is COc1ccc(S(=O)(=O)N2CCC(C(=O)Nc3ccccc3N3CCOC3=O)CC2)cc1. The summed E-state index contributed by atoms with van der Waals surface area (Å²) in [5, 5.41) is 2.91. The lowest BCUT2D eigenvalue weighted by Crippen LogP contribution is -2.41. The molecular formula is C22H25N3O6S. The fraction of sp³-hybridized carbons (Fsp3) is 0.364. The Hall–Kier alpha value is -3.11. The van der Waals surface area contributed by atoms with E-state index in [1.165, 1.54) is 28.4 Å². The fourth-order valence-corrected chi connectivity index (χ4v) is 5.39. The summed E-state index contributed by atoms with van der Waals surface area (Å²) in [4.78, 5) is 26.5. The van der Waals surface area contributed by atoms with Crippen LogP contribution in [0.1, 0.15) is 12.8 Å². The Labute approximate surface area is 187 Å². The molecule has 2 aliphatic heterocycles. The van der Waals surface area contributed by atoms with Crippen LogP contribution in [0.4, 0.5) is 16.2 Å². The Morgan fingerprint density at radius 1 is 1.06 bits per heavy atom. The molecule has 0 saturated carbocycles. The predicted octanol–water partition coefficient (Wildman–Crippen LogP) is 2.69. The van der Waals surface area contributed by atoms with E-state index in [1.807, 2.05) is 0 Å². The highest BCUT2D eigenvalue weighted by Gasteiger charge is 2.33. The number of nitrogens with one attached hydrogen (secondary N) is 1. The molecule has 2 fully saturated rings. The van der Waals surface area contributed by atoms with Gasteiger partial charge in [-0.25, -0.2) is 13.2 Å². The molecule has 0 spiro atoms. The number of piperidine rings is 1. The number of carbonyl (C=O) groups excluding carboxylic acids is 2. The molecule has 2 saturated heterocycles. The van der Waals surface area contributed by atoms with E-state index in [-0.39, 0.29) is 29.8 Å². The summed E-state index contributed by atoms with van der Waals surface area (Å²) in [6.45, 7) is 1.24. The van der Waals surface area contributed by atoms with Gasteiger partial charge >= 0.3 is 6.09 Å². The monoisotopic (exact) mass is 459 g/mol. The van der Waals surface area contributed by atoms with Gasteiger partial charge in [-0.1, -0.05) is 12.1 Å². The first kappa shape index (κ1) is 22.1. The molecule has 0 bridgehead atoms. The Morgan fingerprint density at radius 3 is 2.38 bits per heavy atom. The van der Waals surface area contributed by atoms with Crippen LogP contribution in [0.15, 0.2) is 53.4 Å². The molecule has 1 N–H and O–H groups in total. The highest BCUT2D eigenvalue weighted by atomic mass is 32.2. The second-order valence-electron chi connectivity index (χ2n) is 7.63. The summed E-state index contributed by atoms with van der Waals surface area (Å²) in [6, 6.07) is 13.3. The van der Waals surface area contributed by atoms with E-state index in [4.69, 9.17) is 9.47 Å². The number of nitrogens with zero attached hydrogens (tertiary/aromatic N) is 2. The highest BCUT2D eigenvalue weighted by molar-refractivity contribution is 7.89. The van der Waals surface area contributed by atoms with Crippen LogP contribution < -0.4 is 15.0 Å². The van der Waals surface area contributed by atoms with Gasteiger partial charge in [0.25, 0.3) is 0 Å². The summed E-state index contributed by atoms with van der Waals surface area (Å²) < 4.78 is 37.3. The summed E-state index contributed by atoms with van der Waals surface area (Å²) in [6.07, 6.45) is 0.383. The zero-order valence-corrected chi connectivity index (χ0v) is 18.5. The van der Waals surface area contributed by atoms with Gasteiger partial charge in [-0.05, 0) is 49.2 Å². The molecule has 170 valence electrons. The van der Waals surface area contributed by atoms with E-state index in [0.717, 1.165) is 0 Å². The van der Waals surface area contributed by atoms with Gasteiger partial charge in [-0.15, -0.1) is 0 Å². The predicted molar refractivity (Wildman–Crippen MR) is 118 cm³/mol. The number of para-hydroxylation sites is 2. The lowest BCUT2D eigenvalue weighted by molar-refractivity contribution is -0.120. The van der Waals surface area contributed by atoms with Crippen molar-refractivity contribution in [1.29, 1.82) is 0 Å². The van der Waals surface area contributed by atoms with Gasteiger partial charge in [-0.2, -0.15) is 4.31 Å². The Kier molecular flexibility index (Phi) is 6.33. The summed E-state index contributed by atoms with van der Waals surface area (Å²) in [7, 11) is -2.11. The van der Waals surface area contributed by atoms with Gasteiger partial charge in [0.1, 0.15) is 12.4 Å². The zero-order chi connectivity index (χ0) is 22.7. The van der Waals surface area contributed by atoms with Crippen molar-refractivity contribution in [3.8, 4) is 5.75 Å². The molecule has 0 aromatic heterocycles. The van der Waals surface area contributed by atoms with Gasteiger partial charge in [0.05, 0.1) is 29.9 Å². The number of rotatable bonds is 6. The van der Waals surface area contributed by atoms with Crippen LogP contribution in [0.5, 0.6) is 5.75 Å². The van der Waals surface area contributed by atoms with Crippen molar-refractivity contribution < 1.29 is 27.5 Å². The third-order valence-corrected chi connectivity index (χ3v) is 7.65. The molecule has 10 heteroatoms. The van der Waals surface area contributed by atoms with Crippen molar-refractivity contribution in [2.45, 2.75) is 17.7 Å². The van der Waals surface area contributed by atoms with Crippen molar-refractivity contribution in [1.82, 2.24) is 4.31 Å². The molecule has 32 heavy (non-hydrogen) atoms. The molecule has 2 aromatic rings. The Bertz CT molecular complexity index is 1090. The molecule has 9 nitrogen and oxygen atoms in total. The average molecular weight is 460 g/mol. The van der Waals surface area contributed by atoms with Crippen molar-refractivity contribution in [2.75, 3.05) is 43.6 Å². The van der Waals surface area contributed by atoms with Gasteiger partial charge in [-0.3, -0.25) is 9.69 Å². The zero-order valence-electron chi connectivity index (χ0n) is 17.7. The maximum Gasteiger partial charge on any atom is 0.414 e. The van der Waals surface area contributed by atoms with Crippen LogP contribution in [0.25, 0.3) is 0 Å². The van der Waals surface area contributed by atoms with Gasteiger partial charge in [0.2, 0.25) is 15.9 Å². The number of sulfonamides is 1. The van der Waals surface area contributed by atoms with Crippen LogP contribution in [0.3, 0.4) is 0 Å². The molecular weight excluding hydrogens is 434 g/mol. The molecule has 0 unspecified atom stereocenters. The minimum Gasteiger partial charge on any atom is -0.497 e. The molecule has 0 atom stereocenters. The number of hydrogen-bond acceptors (Lipinski definition) is 6. The first-order chi connectivity index (χ1) is 15.4. The van der Waals surface area contributed by atoms with E-state index >= 15 is 0 Å². The van der Waals surface area contributed by atoms with Crippen LogP contribution in [0, 0.1) is 5.92 Å². The number of hydrogen-bond donors (Lipinski definition) is 1.